The molecule has 10 heteroatoms. The molecule has 0 atom stereocenters. The number of fused-ring (bicyclic) bond motifs is 1. The Morgan fingerprint density at radius 1 is 1.07 bits per heavy atom. The van der Waals surface area contributed by atoms with E-state index in [2.05, 4.69) is 14.7 Å². The van der Waals surface area contributed by atoms with Crippen molar-refractivity contribution in [1.82, 2.24) is 9.97 Å². The number of hydrogen-bond donors (Lipinski definition) is 1. The Bertz CT molecular complexity index is 1150. The third kappa shape index (κ3) is 4.42. The molecule has 0 aliphatic carbocycles. The molecule has 3 rings (SSSR count). The van der Waals surface area contributed by atoms with Crippen LogP contribution in [0.15, 0.2) is 47.3 Å². The number of ether oxygens (including phenoxy) is 2. The van der Waals surface area contributed by atoms with Crippen LogP contribution in [0.1, 0.15) is 32.1 Å². The number of carbonyl (C=O) groups excluding carboxylic acids is 2. The van der Waals surface area contributed by atoms with Crippen molar-refractivity contribution in [2.45, 2.75) is 12.8 Å². The van der Waals surface area contributed by atoms with Crippen molar-refractivity contribution < 1.29 is 32.2 Å². The van der Waals surface area contributed by atoms with Gasteiger partial charge in [0.2, 0.25) is 0 Å². The monoisotopic (exact) mass is 406 g/mol. The maximum Gasteiger partial charge on any atom is 0.416 e. The fourth-order valence-corrected chi connectivity index (χ4v) is 2.54. The van der Waals surface area contributed by atoms with Gasteiger partial charge in [-0.25, -0.2) is 14.6 Å². The second kappa shape index (κ2) is 7.74. The van der Waals surface area contributed by atoms with E-state index >= 15 is 0 Å². The van der Waals surface area contributed by atoms with Gasteiger partial charge in [0.15, 0.2) is 0 Å². The summed E-state index contributed by atoms with van der Waals surface area (Å²) < 4.78 is 47.8. The predicted octanol–water partition coefficient (Wildman–Crippen LogP) is 3.09. The molecule has 0 bridgehead atoms. The third-order valence-corrected chi connectivity index (χ3v) is 3.94. The van der Waals surface area contributed by atoms with Crippen LogP contribution in [-0.2, 0) is 22.3 Å². The molecule has 0 aliphatic rings. The number of H-pyrrole nitrogens is 1. The fraction of sp³-hybridized carbons (Fsp3) is 0.158. The van der Waals surface area contributed by atoms with Crippen LogP contribution in [0.25, 0.3) is 10.9 Å². The van der Waals surface area contributed by atoms with E-state index in [1.807, 2.05) is 0 Å². The highest BCUT2D eigenvalue weighted by Gasteiger charge is 2.31. The molecule has 1 N–H and O–H groups in total. The number of nitrogens with one attached hydrogen (secondary N) is 1. The fourth-order valence-electron chi connectivity index (χ4n) is 2.54. The van der Waals surface area contributed by atoms with Gasteiger partial charge in [0.05, 0.1) is 34.7 Å². The van der Waals surface area contributed by atoms with Gasteiger partial charge < -0.3 is 14.5 Å². The first-order valence-corrected chi connectivity index (χ1v) is 8.14. The highest BCUT2D eigenvalue weighted by atomic mass is 19.4. The number of carbonyl (C=O) groups is 2. The van der Waals surface area contributed by atoms with Crippen molar-refractivity contribution in [3.05, 3.63) is 75.3 Å². The molecule has 0 amide bonds. The van der Waals surface area contributed by atoms with Crippen molar-refractivity contribution in [2.75, 3.05) is 7.11 Å². The van der Waals surface area contributed by atoms with Crippen molar-refractivity contribution in [2.24, 2.45) is 0 Å². The molecule has 0 saturated heterocycles. The molecule has 29 heavy (non-hydrogen) atoms. The lowest BCUT2D eigenvalue weighted by molar-refractivity contribution is -0.137. The van der Waals surface area contributed by atoms with Gasteiger partial charge in [0, 0.05) is 0 Å². The Morgan fingerprint density at radius 2 is 1.79 bits per heavy atom. The summed E-state index contributed by atoms with van der Waals surface area (Å²) >= 11 is 0. The van der Waals surface area contributed by atoms with E-state index in [0.717, 1.165) is 12.1 Å². The van der Waals surface area contributed by atoms with Crippen LogP contribution < -0.4 is 5.56 Å². The zero-order valence-electron chi connectivity index (χ0n) is 14.9. The lowest BCUT2D eigenvalue weighted by atomic mass is 10.1. The number of alkyl halides is 3. The normalized spacial score (nSPS) is 11.3. The van der Waals surface area contributed by atoms with Crippen LogP contribution in [-0.4, -0.2) is 29.0 Å². The van der Waals surface area contributed by atoms with E-state index < -0.39 is 35.8 Å². The van der Waals surface area contributed by atoms with Gasteiger partial charge >= 0.3 is 18.1 Å². The van der Waals surface area contributed by atoms with Crippen molar-refractivity contribution in [3.8, 4) is 0 Å². The summed E-state index contributed by atoms with van der Waals surface area (Å²) in [7, 11) is 1.20. The number of nitrogens with zero attached hydrogens (tertiary/aromatic N) is 1. The summed E-state index contributed by atoms with van der Waals surface area (Å²) in [6.07, 6.45) is -4.60. The molecule has 1 heterocycles. The van der Waals surface area contributed by atoms with E-state index in [1.54, 1.807) is 0 Å². The van der Waals surface area contributed by atoms with Crippen LogP contribution in [0.3, 0.4) is 0 Å². The van der Waals surface area contributed by atoms with Gasteiger partial charge in [-0.15, -0.1) is 0 Å². The number of aromatic amines is 1. The summed E-state index contributed by atoms with van der Waals surface area (Å²) in [5, 5.41) is 0.200. The lowest BCUT2D eigenvalue weighted by Gasteiger charge is -2.09. The molecule has 0 radical (unpaired) electrons. The molecule has 0 saturated carbocycles. The minimum Gasteiger partial charge on any atom is -0.465 e. The number of halogens is 3. The average molecular weight is 406 g/mol. The zero-order valence-corrected chi connectivity index (χ0v) is 14.9. The van der Waals surface area contributed by atoms with Gasteiger partial charge in [-0.05, 0) is 36.4 Å². The van der Waals surface area contributed by atoms with E-state index in [0.29, 0.717) is 6.07 Å². The third-order valence-electron chi connectivity index (χ3n) is 3.94. The number of hydrogen-bond acceptors (Lipinski definition) is 6. The molecule has 3 aromatic rings. The summed E-state index contributed by atoms with van der Waals surface area (Å²) in [5.41, 5.74) is -1.47. The van der Waals surface area contributed by atoms with Gasteiger partial charge in [0.1, 0.15) is 12.4 Å². The van der Waals surface area contributed by atoms with Gasteiger partial charge in [0.25, 0.3) is 5.56 Å². The topological polar surface area (TPSA) is 98.4 Å². The first kappa shape index (κ1) is 20.1. The number of aromatic nitrogens is 2. The minimum atomic E-state index is -4.60. The molecule has 0 aliphatic heterocycles. The standard InChI is InChI=1S/C19H13F3N2O5/c1-28-17(26)11-5-6-13-14(8-11)23-15(24-16(13)25)9-29-18(27)10-3-2-4-12(7-10)19(20,21)22/h2-8H,9H2,1H3,(H,23,24,25). The number of methoxy groups -OCH3 is 1. The maximum absolute atomic E-state index is 12.8. The first-order chi connectivity index (χ1) is 13.7. The van der Waals surface area contributed by atoms with Crippen LogP contribution in [0.2, 0.25) is 0 Å². The van der Waals surface area contributed by atoms with Crippen molar-refractivity contribution in [3.63, 3.8) is 0 Å². The average Bonchev–Trinajstić information content (AvgIpc) is 2.70. The number of esters is 2. The Morgan fingerprint density at radius 3 is 2.48 bits per heavy atom. The SMILES string of the molecule is COC(=O)c1ccc2c(=O)[nH]c(COC(=O)c3cccc(C(F)(F)F)c3)nc2c1. The quantitative estimate of drug-likeness (QED) is 0.669. The summed E-state index contributed by atoms with van der Waals surface area (Å²) in [6, 6.07) is 7.90. The molecule has 0 unspecified atom stereocenters. The van der Waals surface area contributed by atoms with Crippen LogP contribution in [0.4, 0.5) is 13.2 Å². The molecular weight excluding hydrogens is 393 g/mol. The Hall–Kier alpha value is -3.69. The van der Waals surface area contributed by atoms with Gasteiger partial charge in [-0.3, -0.25) is 4.79 Å². The second-order valence-electron chi connectivity index (χ2n) is 5.89. The Balaban J connectivity index is 1.82. The second-order valence-corrected chi connectivity index (χ2v) is 5.89. The summed E-state index contributed by atoms with van der Waals surface area (Å²) in [6.45, 7) is -0.483. The van der Waals surface area contributed by atoms with E-state index in [-0.39, 0.29) is 27.9 Å². The van der Waals surface area contributed by atoms with Gasteiger partial charge in [-0.2, -0.15) is 13.2 Å². The van der Waals surface area contributed by atoms with Crippen LogP contribution in [0, 0.1) is 0 Å². The Kier molecular flexibility index (Phi) is 5.35. The van der Waals surface area contributed by atoms with Crippen LogP contribution >= 0.6 is 0 Å². The predicted molar refractivity (Wildman–Crippen MR) is 94.3 cm³/mol. The van der Waals surface area contributed by atoms with Crippen LogP contribution in [0.5, 0.6) is 0 Å². The number of benzene rings is 2. The highest BCUT2D eigenvalue weighted by molar-refractivity contribution is 5.94. The maximum atomic E-state index is 12.8. The van der Waals surface area contributed by atoms with Gasteiger partial charge in [-0.1, -0.05) is 6.07 Å². The zero-order chi connectivity index (χ0) is 21.2. The Labute approximate surface area is 161 Å². The largest absolute Gasteiger partial charge is 0.465 e. The van der Waals surface area contributed by atoms with E-state index in [1.165, 1.54) is 31.4 Å². The molecule has 0 fully saturated rings. The molecule has 1 aromatic heterocycles. The summed E-state index contributed by atoms with van der Waals surface area (Å²) in [4.78, 5) is 42.3. The summed E-state index contributed by atoms with van der Waals surface area (Å²) in [5.74, 6) is -1.67. The molecular formula is C19H13F3N2O5. The lowest BCUT2D eigenvalue weighted by Crippen LogP contribution is -2.15. The first-order valence-electron chi connectivity index (χ1n) is 8.14. The van der Waals surface area contributed by atoms with E-state index in [4.69, 9.17) is 4.74 Å². The van der Waals surface area contributed by atoms with Crippen molar-refractivity contribution in [1.29, 1.82) is 0 Å². The molecule has 0 spiro atoms. The van der Waals surface area contributed by atoms with Crippen molar-refractivity contribution >= 4 is 22.8 Å². The minimum absolute atomic E-state index is 0.0372. The molecule has 7 nitrogen and oxygen atoms in total. The van der Waals surface area contributed by atoms with E-state index in [9.17, 15) is 27.6 Å². The number of rotatable bonds is 4. The smallest absolute Gasteiger partial charge is 0.416 e. The molecule has 150 valence electrons. The highest BCUT2D eigenvalue weighted by Crippen LogP contribution is 2.29. The molecule has 2 aromatic carbocycles.